The Bertz CT molecular complexity index is 295. The van der Waals surface area contributed by atoms with Crippen LogP contribution in [0.3, 0.4) is 0 Å². The van der Waals surface area contributed by atoms with Crippen molar-refractivity contribution in [3.8, 4) is 5.75 Å². The summed E-state index contributed by atoms with van der Waals surface area (Å²) in [6.07, 6.45) is -4.56. The first-order valence-electron chi connectivity index (χ1n) is 2.97. The molecule has 0 aromatic heterocycles. The van der Waals surface area contributed by atoms with Crippen LogP contribution in [0, 0.1) is 0 Å². The second-order valence-electron chi connectivity index (χ2n) is 2.16. The highest BCUT2D eigenvalue weighted by Crippen LogP contribution is 2.36. The molecule has 1 rings (SSSR count). The van der Waals surface area contributed by atoms with Crippen LogP contribution in [0.15, 0.2) is 18.2 Å². The summed E-state index contributed by atoms with van der Waals surface area (Å²) in [5.41, 5.74) is -1.12. The normalized spacial score (nSPS) is 11.7. The lowest BCUT2D eigenvalue weighted by atomic mass is 10.2. The van der Waals surface area contributed by atoms with Crippen LogP contribution in [-0.4, -0.2) is 5.11 Å². The average Bonchev–Trinajstić information content (AvgIpc) is 1.92. The van der Waals surface area contributed by atoms with E-state index in [-0.39, 0.29) is 5.02 Å². The molecule has 1 N–H and O–H groups in total. The molecule has 0 saturated carbocycles. The first kappa shape index (κ1) is 9.19. The van der Waals surface area contributed by atoms with E-state index in [0.717, 1.165) is 6.07 Å². The summed E-state index contributed by atoms with van der Waals surface area (Å²) in [5.74, 6) is -0.813. The lowest BCUT2D eigenvalue weighted by Gasteiger charge is -2.08. The number of hydrogen-bond donors (Lipinski definition) is 1. The van der Waals surface area contributed by atoms with E-state index in [1.165, 1.54) is 6.07 Å². The van der Waals surface area contributed by atoms with Gasteiger partial charge in [-0.15, -0.1) is 0 Å². The molecule has 66 valence electrons. The molecule has 0 aliphatic carbocycles. The second kappa shape index (κ2) is 2.86. The van der Waals surface area contributed by atoms with Crippen LogP contribution in [0.25, 0.3) is 0 Å². The molecule has 1 aromatic rings. The van der Waals surface area contributed by atoms with Gasteiger partial charge in [0.15, 0.2) is 0 Å². The minimum atomic E-state index is -4.56. The number of hydrogen-bond acceptors (Lipinski definition) is 1. The Balaban J connectivity index is 3.23. The van der Waals surface area contributed by atoms with Gasteiger partial charge in [-0.25, -0.2) is 0 Å². The van der Waals surface area contributed by atoms with Gasteiger partial charge in [-0.2, -0.15) is 13.2 Å². The van der Waals surface area contributed by atoms with Crippen LogP contribution in [0.1, 0.15) is 5.56 Å². The summed E-state index contributed by atoms with van der Waals surface area (Å²) in [5, 5.41) is 8.74. The Morgan fingerprint density at radius 2 is 1.83 bits per heavy atom. The van der Waals surface area contributed by atoms with E-state index < -0.39 is 17.5 Å². The van der Waals surface area contributed by atoms with Crippen molar-refractivity contribution in [1.29, 1.82) is 0 Å². The van der Waals surface area contributed by atoms with Crippen molar-refractivity contribution >= 4 is 11.6 Å². The van der Waals surface area contributed by atoms with E-state index in [2.05, 4.69) is 0 Å². The van der Waals surface area contributed by atoms with E-state index in [4.69, 9.17) is 16.7 Å². The van der Waals surface area contributed by atoms with Gasteiger partial charge in [0, 0.05) is 5.02 Å². The number of alkyl halides is 3. The molecular formula is C7H4ClF3O. The van der Waals surface area contributed by atoms with E-state index in [0.29, 0.717) is 6.07 Å². The number of rotatable bonds is 0. The van der Waals surface area contributed by atoms with Crippen molar-refractivity contribution in [3.63, 3.8) is 0 Å². The molecule has 0 fully saturated rings. The molecule has 5 heteroatoms. The van der Waals surface area contributed by atoms with Crippen LogP contribution >= 0.6 is 11.6 Å². The number of halogens is 4. The van der Waals surface area contributed by atoms with Gasteiger partial charge >= 0.3 is 6.18 Å². The number of phenols is 1. The van der Waals surface area contributed by atoms with Crippen molar-refractivity contribution < 1.29 is 18.3 Å². The molecule has 12 heavy (non-hydrogen) atoms. The molecule has 0 heterocycles. The van der Waals surface area contributed by atoms with Crippen LogP contribution in [0.4, 0.5) is 13.2 Å². The SMILES string of the molecule is Oc1ccc(Cl)cc1C(F)(F)F. The van der Waals surface area contributed by atoms with Gasteiger partial charge in [0.05, 0.1) is 5.56 Å². The van der Waals surface area contributed by atoms with Crippen molar-refractivity contribution in [2.75, 3.05) is 0 Å². The topological polar surface area (TPSA) is 20.2 Å². The standard InChI is InChI=1S/C7H4ClF3O/c8-4-1-2-6(12)5(3-4)7(9,10)11/h1-3,12H. The molecule has 0 amide bonds. The lowest BCUT2D eigenvalue weighted by molar-refractivity contribution is -0.138. The van der Waals surface area contributed by atoms with Crippen LogP contribution in [0.2, 0.25) is 5.02 Å². The minimum absolute atomic E-state index is 0.0554. The Labute approximate surface area is 71.4 Å². The van der Waals surface area contributed by atoms with Gasteiger partial charge < -0.3 is 5.11 Å². The molecule has 0 saturated heterocycles. The fourth-order valence-electron chi connectivity index (χ4n) is 0.735. The van der Waals surface area contributed by atoms with Crippen molar-refractivity contribution in [1.82, 2.24) is 0 Å². The highest BCUT2D eigenvalue weighted by atomic mass is 35.5. The molecular weight excluding hydrogens is 193 g/mol. The Morgan fingerprint density at radius 3 is 2.25 bits per heavy atom. The van der Waals surface area contributed by atoms with Gasteiger partial charge in [-0.3, -0.25) is 0 Å². The average molecular weight is 197 g/mol. The third kappa shape index (κ3) is 1.82. The van der Waals surface area contributed by atoms with E-state index in [9.17, 15) is 13.2 Å². The lowest BCUT2D eigenvalue weighted by Crippen LogP contribution is -2.04. The summed E-state index contributed by atoms with van der Waals surface area (Å²) < 4.78 is 36.0. The number of aromatic hydroxyl groups is 1. The molecule has 0 aliphatic rings. The Hall–Kier alpha value is -0.900. The molecule has 0 unspecified atom stereocenters. The quantitative estimate of drug-likeness (QED) is 0.676. The van der Waals surface area contributed by atoms with Crippen LogP contribution < -0.4 is 0 Å². The first-order valence-corrected chi connectivity index (χ1v) is 3.35. The molecule has 1 nitrogen and oxygen atoms in total. The van der Waals surface area contributed by atoms with Crippen molar-refractivity contribution in [3.05, 3.63) is 28.8 Å². The monoisotopic (exact) mass is 196 g/mol. The largest absolute Gasteiger partial charge is 0.507 e. The summed E-state index contributed by atoms with van der Waals surface area (Å²) in [7, 11) is 0. The number of benzene rings is 1. The summed E-state index contributed by atoms with van der Waals surface area (Å²) in [6, 6.07) is 2.77. The van der Waals surface area contributed by atoms with E-state index in [1.54, 1.807) is 0 Å². The smallest absolute Gasteiger partial charge is 0.420 e. The third-order valence-electron chi connectivity index (χ3n) is 1.26. The predicted octanol–water partition coefficient (Wildman–Crippen LogP) is 3.06. The summed E-state index contributed by atoms with van der Waals surface area (Å²) in [6.45, 7) is 0. The molecule has 0 bridgehead atoms. The predicted molar refractivity (Wildman–Crippen MR) is 38.1 cm³/mol. The number of phenolic OH excluding ortho intramolecular Hbond substituents is 1. The second-order valence-corrected chi connectivity index (χ2v) is 2.60. The zero-order valence-electron chi connectivity index (χ0n) is 5.69. The maximum absolute atomic E-state index is 12.0. The van der Waals surface area contributed by atoms with Gasteiger partial charge in [-0.05, 0) is 18.2 Å². The Morgan fingerprint density at radius 1 is 1.25 bits per heavy atom. The van der Waals surface area contributed by atoms with Crippen LogP contribution in [0.5, 0.6) is 5.75 Å². The molecule has 0 atom stereocenters. The summed E-state index contributed by atoms with van der Waals surface area (Å²) >= 11 is 5.31. The minimum Gasteiger partial charge on any atom is -0.507 e. The van der Waals surface area contributed by atoms with Crippen molar-refractivity contribution in [2.24, 2.45) is 0 Å². The molecule has 0 aliphatic heterocycles. The third-order valence-corrected chi connectivity index (χ3v) is 1.50. The zero-order chi connectivity index (χ0) is 9.35. The fraction of sp³-hybridized carbons (Fsp3) is 0.143. The van der Waals surface area contributed by atoms with Crippen molar-refractivity contribution in [2.45, 2.75) is 6.18 Å². The zero-order valence-corrected chi connectivity index (χ0v) is 6.45. The maximum Gasteiger partial charge on any atom is 0.420 e. The molecule has 1 aromatic carbocycles. The highest BCUT2D eigenvalue weighted by Gasteiger charge is 2.33. The summed E-state index contributed by atoms with van der Waals surface area (Å²) in [4.78, 5) is 0. The van der Waals surface area contributed by atoms with Gasteiger partial charge in [-0.1, -0.05) is 11.6 Å². The molecule has 0 radical (unpaired) electrons. The van der Waals surface area contributed by atoms with Gasteiger partial charge in [0.1, 0.15) is 5.75 Å². The van der Waals surface area contributed by atoms with E-state index >= 15 is 0 Å². The maximum atomic E-state index is 12.0. The Kier molecular flexibility index (Phi) is 2.19. The van der Waals surface area contributed by atoms with Gasteiger partial charge in [0.2, 0.25) is 0 Å². The highest BCUT2D eigenvalue weighted by molar-refractivity contribution is 6.30. The van der Waals surface area contributed by atoms with E-state index in [1.807, 2.05) is 0 Å². The molecule has 0 spiro atoms. The fourth-order valence-corrected chi connectivity index (χ4v) is 0.907. The van der Waals surface area contributed by atoms with Crippen LogP contribution in [-0.2, 0) is 6.18 Å². The van der Waals surface area contributed by atoms with Gasteiger partial charge in [0.25, 0.3) is 0 Å². The first-order chi connectivity index (χ1) is 5.41.